The Morgan fingerprint density at radius 3 is 2.21 bits per heavy atom. The van der Waals surface area contributed by atoms with Crippen molar-refractivity contribution in [2.75, 3.05) is 7.11 Å². The molecular weight excluding hydrogens is 238 g/mol. The van der Waals surface area contributed by atoms with Crippen LogP contribution in [0, 0.1) is 20.8 Å². The van der Waals surface area contributed by atoms with Crippen molar-refractivity contribution in [2.24, 2.45) is 5.73 Å². The summed E-state index contributed by atoms with van der Waals surface area (Å²) in [6.45, 7) is 6.22. The van der Waals surface area contributed by atoms with Gasteiger partial charge in [-0.3, -0.25) is 4.98 Å². The smallest absolute Gasteiger partial charge is 0.237 e. The van der Waals surface area contributed by atoms with Crippen molar-refractivity contribution in [3.63, 3.8) is 0 Å². The number of rotatable bonds is 3. The molecule has 1 heterocycles. The van der Waals surface area contributed by atoms with Gasteiger partial charge in [-0.25, -0.2) is 4.98 Å². The maximum Gasteiger partial charge on any atom is 0.237 e. The second-order valence-electron chi connectivity index (χ2n) is 4.74. The second-order valence-corrected chi connectivity index (χ2v) is 4.74. The lowest BCUT2D eigenvalue weighted by Gasteiger charge is -2.19. The van der Waals surface area contributed by atoms with Crippen molar-refractivity contribution in [1.29, 1.82) is 0 Å². The first-order chi connectivity index (χ1) is 9.04. The molecule has 4 heteroatoms. The van der Waals surface area contributed by atoms with Gasteiger partial charge >= 0.3 is 0 Å². The average Bonchev–Trinajstić information content (AvgIpc) is 2.37. The van der Waals surface area contributed by atoms with E-state index in [1.54, 1.807) is 19.5 Å². The van der Waals surface area contributed by atoms with Gasteiger partial charge in [-0.1, -0.05) is 17.7 Å². The van der Waals surface area contributed by atoms with Gasteiger partial charge in [-0.2, -0.15) is 0 Å². The summed E-state index contributed by atoms with van der Waals surface area (Å²) in [4.78, 5) is 8.47. The van der Waals surface area contributed by atoms with E-state index in [4.69, 9.17) is 10.5 Å². The molecule has 4 nitrogen and oxygen atoms in total. The summed E-state index contributed by atoms with van der Waals surface area (Å²) in [5.74, 6) is 0.481. The van der Waals surface area contributed by atoms with Crippen LogP contribution in [0.5, 0.6) is 5.88 Å². The highest BCUT2D eigenvalue weighted by Gasteiger charge is 2.20. The van der Waals surface area contributed by atoms with Crippen LogP contribution in [0.1, 0.15) is 34.0 Å². The van der Waals surface area contributed by atoms with Crippen molar-refractivity contribution in [2.45, 2.75) is 26.8 Å². The van der Waals surface area contributed by atoms with Crippen LogP contribution in [0.25, 0.3) is 0 Å². The monoisotopic (exact) mass is 257 g/mol. The zero-order valence-corrected chi connectivity index (χ0v) is 11.8. The first-order valence-corrected chi connectivity index (χ1v) is 6.22. The number of aromatic nitrogens is 2. The summed E-state index contributed by atoms with van der Waals surface area (Å²) in [6, 6.07) is 3.93. The number of methoxy groups -OCH3 is 1. The van der Waals surface area contributed by atoms with Gasteiger partial charge in [0, 0.05) is 12.4 Å². The lowest BCUT2D eigenvalue weighted by Crippen LogP contribution is -2.18. The van der Waals surface area contributed by atoms with Gasteiger partial charge in [-0.05, 0) is 37.5 Å². The summed E-state index contributed by atoms with van der Waals surface area (Å²) in [7, 11) is 1.58. The molecule has 1 atom stereocenters. The topological polar surface area (TPSA) is 61.0 Å². The molecule has 2 rings (SSSR count). The van der Waals surface area contributed by atoms with Crippen molar-refractivity contribution in [3.8, 4) is 5.88 Å². The van der Waals surface area contributed by atoms with Crippen LogP contribution in [-0.2, 0) is 0 Å². The molecule has 0 fully saturated rings. The third kappa shape index (κ3) is 2.58. The van der Waals surface area contributed by atoms with Crippen LogP contribution >= 0.6 is 0 Å². The largest absolute Gasteiger partial charge is 0.480 e. The molecule has 0 spiro atoms. The Morgan fingerprint density at radius 1 is 1.05 bits per heavy atom. The summed E-state index contributed by atoms with van der Waals surface area (Å²) in [5, 5.41) is 0. The minimum Gasteiger partial charge on any atom is -0.480 e. The van der Waals surface area contributed by atoms with Crippen molar-refractivity contribution in [3.05, 3.63) is 52.5 Å². The van der Waals surface area contributed by atoms with E-state index in [1.165, 1.54) is 5.56 Å². The lowest BCUT2D eigenvalue weighted by molar-refractivity contribution is 0.387. The lowest BCUT2D eigenvalue weighted by atomic mass is 9.93. The van der Waals surface area contributed by atoms with Crippen LogP contribution in [0.3, 0.4) is 0 Å². The Bertz CT molecular complexity index is 573. The van der Waals surface area contributed by atoms with Crippen molar-refractivity contribution < 1.29 is 4.74 Å². The highest BCUT2D eigenvalue weighted by atomic mass is 16.5. The Morgan fingerprint density at radius 2 is 1.63 bits per heavy atom. The molecule has 0 aliphatic carbocycles. The van der Waals surface area contributed by atoms with Gasteiger partial charge in [0.2, 0.25) is 5.88 Å². The molecule has 1 unspecified atom stereocenters. The van der Waals surface area contributed by atoms with Crippen LogP contribution in [0.4, 0.5) is 0 Å². The van der Waals surface area contributed by atoms with Crippen molar-refractivity contribution in [1.82, 2.24) is 9.97 Å². The van der Waals surface area contributed by atoms with Crippen LogP contribution in [0.15, 0.2) is 24.5 Å². The summed E-state index contributed by atoms with van der Waals surface area (Å²) in [6.07, 6.45) is 3.24. The predicted molar refractivity (Wildman–Crippen MR) is 75.3 cm³/mol. The van der Waals surface area contributed by atoms with Crippen LogP contribution < -0.4 is 10.5 Å². The number of hydrogen-bond acceptors (Lipinski definition) is 4. The van der Waals surface area contributed by atoms with Gasteiger partial charge in [0.15, 0.2) is 0 Å². The minimum absolute atomic E-state index is 0.329. The van der Waals surface area contributed by atoms with Gasteiger partial charge < -0.3 is 10.5 Å². The normalized spacial score (nSPS) is 12.3. The number of nitrogens with zero attached hydrogens (tertiary/aromatic N) is 2. The van der Waals surface area contributed by atoms with E-state index in [1.807, 2.05) is 0 Å². The third-order valence-corrected chi connectivity index (χ3v) is 3.23. The Balaban J connectivity index is 2.53. The molecule has 100 valence electrons. The van der Waals surface area contributed by atoms with Gasteiger partial charge in [0.05, 0.1) is 13.2 Å². The Labute approximate surface area is 113 Å². The second kappa shape index (κ2) is 5.36. The fourth-order valence-corrected chi connectivity index (χ4v) is 2.53. The number of ether oxygens (including phenoxy) is 1. The molecule has 0 aliphatic heterocycles. The van der Waals surface area contributed by atoms with Gasteiger partial charge in [0.1, 0.15) is 5.69 Å². The number of hydrogen-bond donors (Lipinski definition) is 1. The Hall–Kier alpha value is -1.94. The van der Waals surface area contributed by atoms with Crippen molar-refractivity contribution >= 4 is 0 Å². The van der Waals surface area contributed by atoms with Gasteiger partial charge in [-0.15, -0.1) is 0 Å². The highest BCUT2D eigenvalue weighted by Crippen LogP contribution is 2.29. The zero-order valence-electron chi connectivity index (χ0n) is 11.8. The van der Waals surface area contributed by atoms with E-state index in [2.05, 4.69) is 42.9 Å². The van der Waals surface area contributed by atoms with Gasteiger partial charge in [0.25, 0.3) is 0 Å². The quantitative estimate of drug-likeness (QED) is 0.917. The summed E-state index contributed by atoms with van der Waals surface area (Å²) < 4.78 is 5.24. The molecule has 2 N–H and O–H groups in total. The molecule has 0 aliphatic rings. The third-order valence-electron chi connectivity index (χ3n) is 3.23. The molecule has 0 saturated heterocycles. The fraction of sp³-hybridized carbons (Fsp3) is 0.333. The van der Waals surface area contributed by atoms with Crippen LogP contribution in [0.2, 0.25) is 0 Å². The molecule has 1 aromatic heterocycles. The Kier molecular flexibility index (Phi) is 3.81. The summed E-state index contributed by atoms with van der Waals surface area (Å²) in [5.41, 5.74) is 11.7. The minimum atomic E-state index is -0.329. The molecular formula is C15H19N3O. The van der Waals surface area contributed by atoms with E-state index in [0.29, 0.717) is 11.6 Å². The molecule has 0 bridgehead atoms. The zero-order chi connectivity index (χ0) is 14.0. The maximum atomic E-state index is 6.36. The maximum absolute atomic E-state index is 6.36. The molecule has 2 aromatic rings. The molecule has 0 saturated carbocycles. The number of aryl methyl sites for hydroxylation is 3. The molecule has 0 amide bonds. The average molecular weight is 257 g/mol. The van der Waals surface area contributed by atoms with E-state index in [0.717, 1.165) is 16.7 Å². The summed E-state index contributed by atoms with van der Waals surface area (Å²) >= 11 is 0. The molecule has 1 aromatic carbocycles. The van der Waals surface area contributed by atoms with Crippen LogP contribution in [-0.4, -0.2) is 17.1 Å². The first-order valence-electron chi connectivity index (χ1n) is 6.22. The van der Waals surface area contributed by atoms with E-state index in [9.17, 15) is 0 Å². The molecule has 0 radical (unpaired) electrons. The fourth-order valence-electron chi connectivity index (χ4n) is 2.53. The number of nitrogens with two attached hydrogens (primary N) is 1. The van der Waals surface area contributed by atoms with E-state index < -0.39 is 0 Å². The standard InChI is InChI=1S/C15H19N3O/c1-9-7-10(2)12(11(3)8-9)13(16)14-15(19-4)18-6-5-17-14/h5-8,13H,16H2,1-4H3. The first kappa shape index (κ1) is 13.5. The predicted octanol–water partition coefficient (Wildman–Crippen LogP) is 2.46. The van der Waals surface area contributed by atoms with E-state index >= 15 is 0 Å². The number of benzene rings is 1. The molecule has 19 heavy (non-hydrogen) atoms. The SMILES string of the molecule is COc1nccnc1C(N)c1c(C)cc(C)cc1C. The van der Waals surface area contributed by atoms with E-state index in [-0.39, 0.29) is 6.04 Å². The highest BCUT2D eigenvalue weighted by molar-refractivity contribution is 5.44.